The van der Waals surface area contributed by atoms with Gasteiger partial charge in [0.25, 0.3) is 0 Å². The van der Waals surface area contributed by atoms with Gasteiger partial charge in [0.05, 0.1) is 23.3 Å². The van der Waals surface area contributed by atoms with Crippen molar-refractivity contribution >= 4 is 23.3 Å². The van der Waals surface area contributed by atoms with Crippen molar-refractivity contribution in [1.82, 2.24) is 19.8 Å². The molecule has 0 spiro atoms. The molecule has 1 saturated heterocycles. The number of carbonyl (C=O) groups is 1. The van der Waals surface area contributed by atoms with Crippen LogP contribution < -0.4 is 5.32 Å². The van der Waals surface area contributed by atoms with Gasteiger partial charge in [0.15, 0.2) is 5.11 Å². The summed E-state index contributed by atoms with van der Waals surface area (Å²) < 4.78 is 2.13. The Morgan fingerprint density at radius 3 is 2.56 bits per heavy atom. The second-order valence-corrected chi connectivity index (χ2v) is 8.30. The molecule has 4 rings (SSSR count). The zero-order valence-electron chi connectivity index (χ0n) is 18.0. The van der Waals surface area contributed by atoms with E-state index in [9.17, 15) is 15.0 Å². The average molecular weight is 451 g/mol. The highest BCUT2D eigenvalue weighted by Crippen LogP contribution is 2.41. The third kappa shape index (κ3) is 3.99. The van der Waals surface area contributed by atoms with Crippen LogP contribution in [0.3, 0.4) is 0 Å². The molecule has 1 aliphatic rings. The molecule has 0 radical (unpaired) electrons. The molecule has 3 aromatic rings. The van der Waals surface area contributed by atoms with Gasteiger partial charge in [0.2, 0.25) is 0 Å². The van der Waals surface area contributed by atoms with E-state index >= 15 is 0 Å². The number of benzene rings is 1. The predicted molar refractivity (Wildman–Crippen MR) is 126 cm³/mol. The Labute approximate surface area is 192 Å². The van der Waals surface area contributed by atoms with Crippen molar-refractivity contribution in [3.8, 4) is 5.69 Å². The molecule has 2 atom stereocenters. The van der Waals surface area contributed by atoms with E-state index in [4.69, 9.17) is 12.2 Å². The number of aliphatic hydroxyl groups is 1. The molecular formula is C24H26N4O3S. The van der Waals surface area contributed by atoms with E-state index in [2.05, 4.69) is 32.8 Å². The highest BCUT2D eigenvalue weighted by atomic mass is 32.1. The minimum atomic E-state index is -0.943. The lowest BCUT2D eigenvalue weighted by Crippen LogP contribution is -2.31. The number of pyridine rings is 1. The molecule has 1 aromatic carbocycles. The molecule has 0 aliphatic carbocycles. The van der Waals surface area contributed by atoms with Crippen molar-refractivity contribution in [3.63, 3.8) is 0 Å². The fraction of sp³-hybridized carbons (Fsp3) is 0.292. The second kappa shape index (κ2) is 9.10. The number of carboxylic acid groups (broad SMARTS) is 1. The van der Waals surface area contributed by atoms with Gasteiger partial charge in [0, 0.05) is 36.4 Å². The molecule has 166 valence electrons. The van der Waals surface area contributed by atoms with Crippen LogP contribution in [0.5, 0.6) is 0 Å². The van der Waals surface area contributed by atoms with Crippen LogP contribution in [0.2, 0.25) is 0 Å². The molecule has 0 unspecified atom stereocenters. The predicted octanol–water partition coefficient (Wildman–Crippen LogP) is 3.54. The van der Waals surface area contributed by atoms with Crippen LogP contribution in [0, 0.1) is 13.8 Å². The van der Waals surface area contributed by atoms with Crippen LogP contribution in [0.25, 0.3) is 5.69 Å². The number of hydrogen-bond donors (Lipinski definition) is 3. The maximum absolute atomic E-state index is 11.2. The Hall–Kier alpha value is -3.23. The first-order chi connectivity index (χ1) is 15.4. The van der Waals surface area contributed by atoms with Gasteiger partial charge in [-0.05, 0) is 80.5 Å². The molecular weight excluding hydrogens is 424 g/mol. The molecule has 8 heteroatoms. The van der Waals surface area contributed by atoms with Crippen LogP contribution in [0.1, 0.15) is 51.5 Å². The highest BCUT2D eigenvalue weighted by molar-refractivity contribution is 7.80. The van der Waals surface area contributed by atoms with Gasteiger partial charge in [-0.3, -0.25) is 4.98 Å². The summed E-state index contributed by atoms with van der Waals surface area (Å²) in [6, 6.07) is 14.7. The number of rotatable bonds is 7. The zero-order valence-corrected chi connectivity index (χ0v) is 18.8. The minimum absolute atomic E-state index is 0.0813. The van der Waals surface area contributed by atoms with Crippen molar-refractivity contribution in [1.29, 1.82) is 0 Å². The monoisotopic (exact) mass is 450 g/mol. The van der Waals surface area contributed by atoms with E-state index in [1.165, 1.54) is 0 Å². The quantitative estimate of drug-likeness (QED) is 0.474. The molecule has 1 aliphatic heterocycles. The number of nitrogens with zero attached hydrogens (tertiary/aromatic N) is 3. The lowest BCUT2D eigenvalue weighted by Gasteiger charge is -2.28. The van der Waals surface area contributed by atoms with E-state index < -0.39 is 5.97 Å². The summed E-state index contributed by atoms with van der Waals surface area (Å²) in [5.74, 6) is -0.943. The fourth-order valence-corrected chi connectivity index (χ4v) is 4.80. The summed E-state index contributed by atoms with van der Waals surface area (Å²) in [5.41, 5.74) is 5.28. The van der Waals surface area contributed by atoms with Gasteiger partial charge in [-0.2, -0.15) is 0 Å². The maximum Gasteiger partial charge on any atom is 0.335 e. The summed E-state index contributed by atoms with van der Waals surface area (Å²) in [5, 5.41) is 22.7. The summed E-state index contributed by atoms with van der Waals surface area (Å²) >= 11 is 5.67. The van der Waals surface area contributed by atoms with Crippen molar-refractivity contribution in [2.24, 2.45) is 0 Å². The van der Waals surface area contributed by atoms with E-state index in [1.807, 2.05) is 37.3 Å². The second-order valence-electron chi connectivity index (χ2n) is 7.91. The molecule has 1 fully saturated rings. The van der Waals surface area contributed by atoms with Crippen molar-refractivity contribution in [2.75, 3.05) is 13.2 Å². The van der Waals surface area contributed by atoms with E-state index in [-0.39, 0.29) is 24.3 Å². The molecule has 0 amide bonds. The molecule has 2 aromatic heterocycles. The molecule has 3 N–H and O–H groups in total. The van der Waals surface area contributed by atoms with E-state index in [0.29, 0.717) is 18.1 Å². The number of hydrogen-bond acceptors (Lipinski definition) is 4. The fourth-order valence-electron chi connectivity index (χ4n) is 4.46. The van der Waals surface area contributed by atoms with Gasteiger partial charge in [-0.25, -0.2) is 4.79 Å². The van der Waals surface area contributed by atoms with Crippen molar-refractivity contribution < 1.29 is 15.0 Å². The lowest BCUT2D eigenvalue weighted by atomic mass is 9.96. The molecule has 32 heavy (non-hydrogen) atoms. The lowest BCUT2D eigenvalue weighted by molar-refractivity contribution is 0.0697. The SMILES string of the molecule is Cc1cc([C@H]2[C@@H](c3ccccn3)NC(=S)N2CCCO)c(C)n1-c1ccc(C(=O)O)cc1. The summed E-state index contributed by atoms with van der Waals surface area (Å²) in [6.45, 7) is 4.83. The van der Waals surface area contributed by atoms with Gasteiger partial charge < -0.3 is 25.0 Å². The number of aromatic nitrogens is 2. The van der Waals surface area contributed by atoms with Crippen LogP contribution in [0.15, 0.2) is 54.7 Å². The van der Waals surface area contributed by atoms with E-state index in [0.717, 1.165) is 28.3 Å². The maximum atomic E-state index is 11.2. The number of carboxylic acids is 1. The number of nitrogens with one attached hydrogen (secondary N) is 1. The standard InChI is InChI=1S/C24H26N4O3S/c1-15-14-19(16(2)28(15)18-9-7-17(8-10-18)23(30)31)22-21(20-6-3-4-11-25-20)26-24(32)27(22)12-5-13-29/h3-4,6-11,14,21-22,29H,5,12-13H2,1-2H3,(H,26,32)(H,30,31)/t21-,22+/m1/s1. The first kappa shape index (κ1) is 22.0. The van der Waals surface area contributed by atoms with Gasteiger partial charge in [-0.15, -0.1) is 0 Å². The average Bonchev–Trinajstić information content (AvgIpc) is 3.27. The Morgan fingerprint density at radius 1 is 1.19 bits per heavy atom. The first-order valence-corrected chi connectivity index (χ1v) is 10.9. The van der Waals surface area contributed by atoms with Crippen molar-refractivity contribution in [2.45, 2.75) is 32.4 Å². The Balaban J connectivity index is 1.79. The molecule has 3 heterocycles. The Kier molecular flexibility index (Phi) is 6.25. The van der Waals surface area contributed by atoms with Gasteiger partial charge in [0.1, 0.15) is 0 Å². The largest absolute Gasteiger partial charge is 0.478 e. The van der Waals surface area contributed by atoms with E-state index in [1.54, 1.807) is 18.3 Å². The third-order valence-corrected chi connectivity index (χ3v) is 6.27. The summed E-state index contributed by atoms with van der Waals surface area (Å²) in [4.78, 5) is 17.9. The molecule has 0 saturated carbocycles. The van der Waals surface area contributed by atoms with Crippen molar-refractivity contribution in [3.05, 3.63) is 82.9 Å². The first-order valence-electron chi connectivity index (χ1n) is 10.5. The molecule has 7 nitrogen and oxygen atoms in total. The highest BCUT2D eigenvalue weighted by Gasteiger charge is 2.41. The van der Waals surface area contributed by atoms with Crippen LogP contribution >= 0.6 is 12.2 Å². The smallest absolute Gasteiger partial charge is 0.335 e. The number of thiocarbonyl (C=S) groups is 1. The number of aromatic carboxylic acids is 1. The Morgan fingerprint density at radius 2 is 1.94 bits per heavy atom. The van der Waals surface area contributed by atoms with Gasteiger partial charge in [-0.1, -0.05) is 6.07 Å². The number of aliphatic hydroxyl groups excluding tert-OH is 1. The Bertz CT molecular complexity index is 1130. The third-order valence-electron chi connectivity index (χ3n) is 5.92. The normalized spacial score (nSPS) is 18.1. The number of aryl methyl sites for hydroxylation is 1. The van der Waals surface area contributed by atoms with Crippen LogP contribution in [-0.4, -0.2) is 48.9 Å². The van der Waals surface area contributed by atoms with Gasteiger partial charge >= 0.3 is 5.97 Å². The zero-order chi connectivity index (χ0) is 22.8. The topological polar surface area (TPSA) is 90.6 Å². The summed E-state index contributed by atoms with van der Waals surface area (Å²) in [6.07, 6.45) is 2.39. The summed E-state index contributed by atoms with van der Waals surface area (Å²) in [7, 11) is 0. The van der Waals surface area contributed by atoms with Crippen LogP contribution in [-0.2, 0) is 0 Å². The molecule has 0 bridgehead atoms. The van der Waals surface area contributed by atoms with Crippen LogP contribution in [0.4, 0.5) is 0 Å². The minimum Gasteiger partial charge on any atom is -0.478 e.